The highest BCUT2D eigenvalue weighted by atomic mass is 35.5. The number of halogens is 1. The van der Waals surface area contributed by atoms with Crippen molar-refractivity contribution in [2.24, 2.45) is 0 Å². The first-order valence-electron chi connectivity index (χ1n) is 6.27. The predicted molar refractivity (Wildman–Crippen MR) is 77.3 cm³/mol. The van der Waals surface area contributed by atoms with Crippen LogP contribution in [-0.2, 0) is 15.9 Å². The van der Waals surface area contributed by atoms with Crippen molar-refractivity contribution in [2.75, 3.05) is 41.1 Å². The molecule has 0 aliphatic heterocycles. The summed E-state index contributed by atoms with van der Waals surface area (Å²) in [5.41, 5.74) is 1.07. The van der Waals surface area contributed by atoms with E-state index in [1.54, 1.807) is 14.2 Å². The fourth-order valence-electron chi connectivity index (χ4n) is 1.78. The first-order chi connectivity index (χ1) is 9.21. The van der Waals surface area contributed by atoms with E-state index in [0.717, 1.165) is 17.7 Å². The highest BCUT2D eigenvalue weighted by molar-refractivity contribution is 6.30. The van der Waals surface area contributed by atoms with Crippen LogP contribution in [0.3, 0.4) is 0 Å². The van der Waals surface area contributed by atoms with Crippen molar-refractivity contribution < 1.29 is 14.2 Å². The van der Waals surface area contributed by atoms with E-state index < -0.39 is 0 Å². The van der Waals surface area contributed by atoms with Crippen molar-refractivity contribution in [3.63, 3.8) is 0 Å². The molecule has 1 aromatic rings. The van der Waals surface area contributed by atoms with Crippen molar-refractivity contribution in [2.45, 2.75) is 12.5 Å². The average Bonchev–Trinajstić information content (AvgIpc) is 2.42. The van der Waals surface area contributed by atoms with Crippen molar-refractivity contribution >= 4 is 11.6 Å². The molecular formula is C14H22ClNO3. The Hall–Kier alpha value is -0.810. The second-order valence-corrected chi connectivity index (χ2v) is 4.65. The summed E-state index contributed by atoms with van der Waals surface area (Å²) in [4.78, 5) is 0. The second kappa shape index (κ2) is 9.15. The molecule has 1 rings (SSSR count). The van der Waals surface area contributed by atoms with Crippen LogP contribution in [0.4, 0.5) is 0 Å². The van der Waals surface area contributed by atoms with Gasteiger partial charge >= 0.3 is 0 Å². The SMILES string of the molecule is CNC(COCCOC)Cc1cc(Cl)ccc1OC. The van der Waals surface area contributed by atoms with Gasteiger partial charge < -0.3 is 19.5 Å². The summed E-state index contributed by atoms with van der Waals surface area (Å²) in [6, 6.07) is 5.85. The third-order valence-electron chi connectivity index (χ3n) is 2.87. The van der Waals surface area contributed by atoms with Crippen LogP contribution in [-0.4, -0.2) is 47.1 Å². The zero-order chi connectivity index (χ0) is 14.1. The van der Waals surface area contributed by atoms with Crippen molar-refractivity contribution in [1.29, 1.82) is 0 Å². The van der Waals surface area contributed by atoms with Gasteiger partial charge in [0.05, 0.1) is 26.9 Å². The maximum atomic E-state index is 6.02. The molecule has 1 atom stereocenters. The van der Waals surface area contributed by atoms with Crippen LogP contribution in [0.5, 0.6) is 5.75 Å². The van der Waals surface area contributed by atoms with Crippen LogP contribution < -0.4 is 10.1 Å². The average molecular weight is 288 g/mol. The molecule has 0 amide bonds. The lowest BCUT2D eigenvalue weighted by molar-refractivity contribution is 0.0597. The van der Waals surface area contributed by atoms with Gasteiger partial charge in [-0.05, 0) is 37.2 Å². The number of hydrogen-bond donors (Lipinski definition) is 1. The number of ether oxygens (including phenoxy) is 3. The molecule has 108 valence electrons. The Kier molecular flexibility index (Phi) is 7.82. The summed E-state index contributed by atoms with van der Waals surface area (Å²) in [6.45, 7) is 1.83. The van der Waals surface area contributed by atoms with Crippen LogP contribution in [0.1, 0.15) is 5.56 Å². The van der Waals surface area contributed by atoms with E-state index in [2.05, 4.69) is 5.32 Å². The standard InChI is InChI=1S/C14H22ClNO3/c1-16-13(10-19-7-6-17-2)9-11-8-12(15)4-5-14(11)18-3/h4-5,8,13,16H,6-7,9-10H2,1-3H3. The van der Waals surface area contributed by atoms with E-state index in [-0.39, 0.29) is 6.04 Å². The van der Waals surface area contributed by atoms with Crippen molar-refractivity contribution in [1.82, 2.24) is 5.32 Å². The molecule has 1 aromatic carbocycles. The van der Waals surface area contributed by atoms with Crippen LogP contribution in [0, 0.1) is 0 Å². The van der Waals surface area contributed by atoms with Gasteiger partial charge in [0.25, 0.3) is 0 Å². The van der Waals surface area contributed by atoms with Crippen LogP contribution in [0.15, 0.2) is 18.2 Å². The molecule has 0 bridgehead atoms. The number of hydrogen-bond acceptors (Lipinski definition) is 4. The minimum atomic E-state index is 0.212. The number of rotatable bonds is 9. The first-order valence-corrected chi connectivity index (χ1v) is 6.65. The molecule has 0 fully saturated rings. The molecule has 0 heterocycles. The summed E-state index contributed by atoms with van der Waals surface area (Å²) >= 11 is 6.02. The summed E-state index contributed by atoms with van der Waals surface area (Å²) in [5, 5.41) is 3.95. The van der Waals surface area contributed by atoms with E-state index in [0.29, 0.717) is 24.8 Å². The van der Waals surface area contributed by atoms with Gasteiger partial charge in [-0.2, -0.15) is 0 Å². The first kappa shape index (κ1) is 16.2. The Labute approximate surface area is 120 Å². The Morgan fingerprint density at radius 3 is 2.68 bits per heavy atom. The van der Waals surface area contributed by atoms with Crippen LogP contribution >= 0.6 is 11.6 Å². The van der Waals surface area contributed by atoms with Gasteiger partial charge in [-0.1, -0.05) is 11.6 Å². The van der Waals surface area contributed by atoms with Gasteiger partial charge in [0, 0.05) is 18.2 Å². The second-order valence-electron chi connectivity index (χ2n) is 4.21. The van der Waals surface area contributed by atoms with E-state index >= 15 is 0 Å². The molecule has 0 aliphatic carbocycles. The lowest BCUT2D eigenvalue weighted by atomic mass is 10.1. The summed E-state index contributed by atoms with van der Waals surface area (Å²) < 4.78 is 15.8. The lowest BCUT2D eigenvalue weighted by Gasteiger charge is -2.18. The monoisotopic (exact) mass is 287 g/mol. The number of likely N-dealkylation sites (N-methyl/N-ethyl adjacent to an activating group) is 1. The third-order valence-corrected chi connectivity index (χ3v) is 3.10. The third kappa shape index (κ3) is 5.78. The molecule has 0 aromatic heterocycles. The molecule has 19 heavy (non-hydrogen) atoms. The molecule has 1 N–H and O–H groups in total. The quantitative estimate of drug-likeness (QED) is 0.707. The zero-order valence-electron chi connectivity index (χ0n) is 11.7. The van der Waals surface area contributed by atoms with Gasteiger partial charge in [0.2, 0.25) is 0 Å². The number of benzene rings is 1. The van der Waals surface area contributed by atoms with Gasteiger partial charge in [0.1, 0.15) is 5.75 Å². The molecule has 1 unspecified atom stereocenters. The Morgan fingerprint density at radius 2 is 2.05 bits per heavy atom. The molecule has 0 radical (unpaired) electrons. The highest BCUT2D eigenvalue weighted by Crippen LogP contribution is 2.23. The van der Waals surface area contributed by atoms with Gasteiger partial charge in [-0.15, -0.1) is 0 Å². The Bertz CT molecular complexity index is 374. The minimum absolute atomic E-state index is 0.212. The highest BCUT2D eigenvalue weighted by Gasteiger charge is 2.12. The van der Waals surface area contributed by atoms with Gasteiger partial charge in [0.15, 0.2) is 0 Å². The molecule has 0 saturated carbocycles. The molecule has 5 heteroatoms. The molecular weight excluding hydrogens is 266 g/mol. The normalized spacial score (nSPS) is 12.4. The topological polar surface area (TPSA) is 39.7 Å². The lowest BCUT2D eigenvalue weighted by Crippen LogP contribution is -2.33. The molecule has 0 saturated heterocycles. The largest absolute Gasteiger partial charge is 0.496 e. The Morgan fingerprint density at radius 1 is 1.26 bits per heavy atom. The van der Waals surface area contributed by atoms with Crippen LogP contribution in [0.2, 0.25) is 5.02 Å². The maximum absolute atomic E-state index is 6.02. The maximum Gasteiger partial charge on any atom is 0.122 e. The summed E-state index contributed by atoms with van der Waals surface area (Å²) in [6.07, 6.45) is 0.799. The predicted octanol–water partition coefficient (Wildman–Crippen LogP) is 2.14. The number of nitrogens with one attached hydrogen (secondary N) is 1. The zero-order valence-corrected chi connectivity index (χ0v) is 12.5. The summed E-state index contributed by atoms with van der Waals surface area (Å²) in [7, 11) is 5.24. The number of methoxy groups -OCH3 is 2. The van der Waals surface area contributed by atoms with Gasteiger partial charge in [-0.3, -0.25) is 0 Å². The van der Waals surface area contributed by atoms with E-state index in [1.165, 1.54) is 0 Å². The van der Waals surface area contributed by atoms with Gasteiger partial charge in [-0.25, -0.2) is 0 Å². The van der Waals surface area contributed by atoms with Crippen LogP contribution in [0.25, 0.3) is 0 Å². The summed E-state index contributed by atoms with van der Waals surface area (Å²) in [5.74, 6) is 0.849. The molecule has 4 nitrogen and oxygen atoms in total. The smallest absolute Gasteiger partial charge is 0.122 e. The minimum Gasteiger partial charge on any atom is -0.496 e. The Balaban J connectivity index is 2.56. The van der Waals surface area contributed by atoms with Crippen molar-refractivity contribution in [3.8, 4) is 5.75 Å². The van der Waals surface area contributed by atoms with E-state index in [4.69, 9.17) is 25.8 Å². The fourth-order valence-corrected chi connectivity index (χ4v) is 1.98. The van der Waals surface area contributed by atoms with E-state index in [9.17, 15) is 0 Å². The molecule has 0 aliphatic rings. The van der Waals surface area contributed by atoms with E-state index in [1.807, 2.05) is 25.2 Å². The van der Waals surface area contributed by atoms with Crippen molar-refractivity contribution in [3.05, 3.63) is 28.8 Å². The molecule has 0 spiro atoms. The fraction of sp³-hybridized carbons (Fsp3) is 0.571.